The molecule has 19 heavy (non-hydrogen) atoms. The highest BCUT2D eigenvalue weighted by Crippen LogP contribution is 2.15. The van der Waals surface area contributed by atoms with Gasteiger partial charge in [0.25, 0.3) is 0 Å². The first-order valence-corrected chi connectivity index (χ1v) is 7.47. The van der Waals surface area contributed by atoms with Gasteiger partial charge in [-0.05, 0) is 37.7 Å². The molecule has 0 saturated carbocycles. The zero-order valence-electron chi connectivity index (χ0n) is 13.2. The quantitative estimate of drug-likeness (QED) is 0.337. The molecule has 0 unspecified atom stereocenters. The van der Waals surface area contributed by atoms with Gasteiger partial charge in [0.15, 0.2) is 0 Å². The Balaban J connectivity index is 3.90. The third-order valence-electron chi connectivity index (χ3n) is 3.03. The van der Waals surface area contributed by atoms with Crippen LogP contribution in [0.3, 0.4) is 0 Å². The lowest BCUT2D eigenvalue weighted by Crippen LogP contribution is -1.99. The number of allylic oxidation sites excluding steroid dienone is 3. The van der Waals surface area contributed by atoms with Gasteiger partial charge in [-0.3, -0.25) is 0 Å². The molecular weight excluding hydrogens is 236 g/mol. The minimum Gasteiger partial charge on any atom is -0.463 e. The third-order valence-corrected chi connectivity index (χ3v) is 3.03. The smallest absolute Gasteiger partial charge is 0.330 e. The fourth-order valence-electron chi connectivity index (χ4n) is 1.90. The van der Waals surface area contributed by atoms with Crippen molar-refractivity contribution in [3.05, 3.63) is 23.8 Å². The minimum atomic E-state index is -0.255. The average molecular weight is 266 g/mol. The van der Waals surface area contributed by atoms with Crippen LogP contribution in [0.1, 0.15) is 60.3 Å². The van der Waals surface area contributed by atoms with Gasteiger partial charge in [-0.2, -0.15) is 0 Å². The predicted molar refractivity (Wildman–Crippen MR) is 82.0 cm³/mol. The Kier molecular flexibility index (Phi) is 10.2. The molecular formula is C17H30O2. The van der Waals surface area contributed by atoms with Gasteiger partial charge in [0, 0.05) is 6.08 Å². The summed E-state index contributed by atoms with van der Waals surface area (Å²) in [5, 5.41) is 0. The number of esters is 1. The summed E-state index contributed by atoms with van der Waals surface area (Å²) in [6, 6.07) is 0. The summed E-state index contributed by atoms with van der Waals surface area (Å²) in [5.41, 5.74) is 0.952. The van der Waals surface area contributed by atoms with Gasteiger partial charge in [-0.15, -0.1) is 0 Å². The number of ether oxygens (including phenoxy) is 1. The summed E-state index contributed by atoms with van der Waals surface area (Å²) in [5.74, 6) is 1.26. The molecule has 2 heteroatoms. The first-order valence-electron chi connectivity index (χ1n) is 7.47. The normalized spacial score (nSPS) is 14.1. The van der Waals surface area contributed by atoms with Crippen molar-refractivity contribution in [1.82, 2.24) is 0 Å². The second kappa shape index (κ2) is 10.8. The van der Waals surface area contributed by atoms with Crippen molar-refractivity contribution < 1.29 is 9.53 Å². The van der Waals surface area contributed by atoms with E-state index in [9.17, 15) is 4.79 Å². The maximum atomic E-state index is 11.2. The number of carbonyl (C=O) groups excluding carboxylic acids is 1. The van der Waals surface area contributed by atoms with Crippen molar-refractivity contribution in [2.45, 2.75) is 60.3 Å². The van der Waals surface area contributed by atoms with Gasteiger partial charge in [-0.1, -0.05) is 52.2 Å². The molecule has 0 aromatic heterocycles. The standard InChI is InChI=1S/C17H30O2/c1-6-19-17(18)13-16(5)12-8-11-15(4)10-7-9-14(2)3/h8,12-15H,6-7,9-11H2,1-5H3/b12-8-,16-13+/t15-/m1/s1. The second-order valence-corrected chi connectivity index (χ2v) is 5.71. The van der Waals surface area contributed by atoms with Gasteiger partial charge < -0.3 is 4.74 Å². The number of hydrogen-bond acceptors (Lipinski definition) is 2. The minimum absolute atomic E-state index is 0.255. The van der Waals surface area contributed by atoms with E-state index in [1.54, 1.807) is 6.08 Å². The molecule has 0 fully saturated rings. The molecule has 0 heterocycles. The maximum Gasteiger partial charge on any atom is 0.330 e. The van der Waals surface area contributed by atoms with Crippen molar-refractivity contribution in [1.29, 1.82) is 0 Å². The fourth-order valence-corrected chi connectivity index (χ4v) is 1.90. The number of hydrogen-bond donors (Lipinski definition) is 0. The van der Waals surface area contributed by atoms with Crippen molar-refractivity contribution in [3.63, 3.8) is 0 Å². The number of carbonyl (C=O) groups is 1. The molecule has 0 spiro atoms. The van der Waals surface area contributed by atoms with Crippen LogP contribution >= 0.6 is 0 Å². The molecule has 110 valence electrons. The van der Waals surface area contributed by atoms with Gasteiger partial charge >= 0.3 is 5.97 Å². The van der Waals surface area contributed by atoms with Gasteiger partial charge in [0.2, 0.25) is 0 Å². The van der Waals surface area contributed by atoms with Gasteiger partial charge in [-0.25, -0.2) is 4.79 Å². The first kappa shape index (κ1) is 17.9. The van der Waals surface area contributed by atoms with E-state index in [2.05, 4.69) is 26.8 Å². The van der Waals surface area contributed by atoms with Crippen LogP contribution in [0.15, 0.2) is 23.8 Å². The summed E-state index contributed by atoms with van der Waals surface area (Å²) < 4.78 is 4.87. The highest BCUT2D eigenvalue weighted by molar-refractivity contribution is 5.83. The van der Waals surface area contributed by atoms with Crippen molar-refractivity contribution >= 4 is 5.97 Å². The van der Waals surface area contributed by atoms with E-state index in [0.717, 1.165) is 17.9 Å². The summed E-state index contributed by atoms with van der Waals surface area (Å²) in [4.78, 5) is 11.2. The van der Waals surface area contributed by atoms with Crippen molar-refractivity contribution in [2.24, 2.45) is 11.8 Å². The Labute approximate surface area is 118 Å². The predicted octanol–water partition coefficient (Wildman–Crippen LogP) is 4.90. The lowest BCUT2D eigenvalue weighted by molar-refractivity contribution is -0.137. The Morgan fingerprint density at radius 3 is 2.47 bits per heavy atom. The molecule has 0 rings (SSSR count). The monoisotopic (exact) mass is 266 g/mol. The molecule has 0 aromatic carbocycles. The van der Waals surface area contributed by atoms with Crippen LogP contribution in [0.25, 0.3) is 0 Å². The third kappa shape index (κ3) is 11.8. The maximum absolute atomic E-state index is 11.2. The molecule has 0 saturated heterocycles. The molecule has 0 aromatic rings. The molecule has 0 aliphatic rings. The lowest BCUT2D eigenvalue weighted by atomic mass is 9.97. The molecule has 0 radical (unpaired) electrons. The van der Waals surface area contributed by atoms with E-state index in [4.69, 9.17) is 4.74 Å². The van der Waals surface area contributed by atoms with Crippen LogP contribution in [-0.4, -0.2) is 12.6 Å². The van der Waals surface area contributed by atoms with Crippen LogP contribution in [0, 0.1) is 11.8 Å². The Bertz CT molecular complexity index is 300. The van der Waals surface area contributed by atoms with E-state index in [1.165, 1.54) is 19.3 Å². The largest absolute Gasteiger partial charge is 0.463 e. The van der Waals surface area contributed by atoms with Crippen molar-refractivity contribution in [2.75, 3.05) is 6.61 Å². The second-order valence-electron chi connectivity index (χ2n) is 5.71. The zero-order valence-corrected chi connectivity index (χ0v) is 13.2. The molecule has 2 nitrogen and oxygen atoms in total. The number of rotatable bonds is 9. The Morgan fingerprint density at radius 1 is 1.21 bits per heavy atom. The fraction of sp³-hybridized carbons (Fsp3) is 0.706. The van der Waals surface area contributed by atoms with Crippen LogP contribution in [0.2, 0.25) is 0 Å². The summed E-state index contributed by atoms with van der Waals surface area (Å²) in [7, 11) is 0. The SMILES string of the molecule is CCOC(=O)/C=C(C)/C=C\C[C@H](C)CCCC(C)C. The van der Waals surface area contributed by atoms with Crippen LogP contribution < -0.4 is 0 Å². The summed E-state index contributed by atoms with van der Waals surface area (Å²) in [6.07, 6.45) is 10.7. The molecule has 0 amide bonds. The van der Waals surface area contributed by atoms with Crippen LogP contribution in [0.4, 0.5) is 0 Å². The van der Waals surface area contributed by atoms with Crippen LogP contribution in [0.5, 0.6) is 0 Å². The highest BCUT2D eigenvalue weighted by Gasteiger charge is 2.01. The van der Waals surface area contributed by atoms with E-state index in [-0.39, 0.29) is 5.97 Å². The van der Waals surface area contributed by atoms with E-state index in [0.29, 0.717) is 12.5 Å². The topological polar surface area (TPSA) is 26.3 Å². The molecule has 0 aliphatic carbocycles. The molecule has 0 bridgehead atoms. The van der Waals surface area contributed by atoms with Gasteiger partial charge in [0.05, 0.1) is 6.61 Å². The van der Waals surface area contributed by atoms with Crippen LogP contribution in [-0.2, 0) is 9.53 Å². The molecule has 0 N–H and O–H groups in total. The average Bonchev–Trinajstić information content (AvgIpc) is 2.28. The summed E-state index contributed by atoms with van der Waals surface area (Å²) >= 11 is 0. The van der Waals surface area contributed by atoms with Gasteiger partial charge in [0.1, 0.15) is 0 Å². The highest BCUT2D eigenvalue weighted by atomic mass is 16.5. The van der Waals surface area contributed by atoms with E-state index < -0.39 is 0 Å². The van der Waals surface area contributed by atoms with E-state index in [1.807, 2.05) is 19.9 Å². The zero-order chi connectivity index (χ0) is 14.7. The molecule has 0 aliphatic heterocycles. The Morgan fingerprint density at radius 2 is 1.89 bits per heavy atom. The summed E-state index contributed by atoms with van der Waals surface area (Å²) in [6.45, 7) is 11.0. The van der Waals surface area contributed by atoms with Crippen molar-refractivity contribution in [3.8, 4) is 0 Å². The lowest BCUT2D eigenvalue weighted by Gasteiger charge is -2.09. The Hall–Kier alpha value is -1.05. The first-order chi connectivity index (χ1) is 8.95. The molecule has 1 atom stereocenters. The van der Waals surface area contributed by atoms with E-state index >= 15 is 0 Å².